The van der Waals surface area contributed by atoms with Crippen LogP contribution in [0.5, 0.6) is 0 Å². The summed E-state index contributed by atoms with van der Waals surface area (Å²) in [7, 11) is 0. The first-order valence-electron chi connectivity index (χ1n) is 7.44. The maximum absolute atomic E-state index is 9.03. The molecule has 0 amide bonds. The van der Waals surface area contributed by atoms with Gasteiger partial charge in [0, 0.05) is 23.0 Å². The van der Waals surface area contributed by atoms with E-state index in [9.17, 15) is 0 Å². The van der Waals surface area contributed by atoms with Crippen LogP contribution in [0, 0.1) is 11.3 Å². The highest BCUT2D eigenvalue weighted by Crippen LogP contribution is 2.32. The fourth-order valence-electron chi connectivity index (χ4n) is 2.88. The Kier molecular flexibility index (Phi) is 3.38. The molecule has 0 saturated carbocycles. The van der Waals surface area contributed by atoms with Crippen LogP contribution in [0.15, 0.2) is 48.1 Å². The molecule has 1 unspecified atom stereocenters. The van der Waals surface area contributed by atoms with Gasteiger partial charge >= 0.3 is 0 Å². The van der Waals surface area contributed by atoms with Gasteiger partial charge in [0.05, 0.1) is 17.3 Å². The Morgan fingerprint density at radius 2 is 2.27 bits per heavy atom. The molecular weight excluding hydrogens is 290 g/mol. The summed E-state index contributed by atoms with van der Waals surface area (Å²) in [5, 5.41) is 13.6. The fraction of sp³-hybridized carbons (Fsp3) is 0.222. The third-order valence-electron chi connectivity index (χ3n) is 4.17. The van der Waals surface area contributed by atoms with Gasteiger partial charge in [-0.25, -0.2) is 4.98 Å². The van der Waals surface area contributed by atoms with Crippen molar-refractivity contribution < 1.29 is 0 Å². The van der Waals surface area contributed by atoms with Crippen molar-refractivity contribution in [1.29, 1.82) is 5.26 Å². The molecule has 0 fully saturated rings. The van der Waals surface area contributed by atoms with E-state index in [2.05, 4.69) is 29.6 Å². The largest absolute Gasteiger partial charge is 0.304 e. The summed E-state index contributed by atoms with van der Waals surface area (Å²) in [5.74, 6) is 0. The molecule has 1 aliphatic heterocycles. The Bertz CT molecular complexity index is 798. The minimum atomic E-state index is 0.455. The van der Waals surface area contributed by atoms with Crippen LogP contribution >= 0.6 is 11.3 Å². The molecule has 1 aliphatic carbocycles. The number of allylic oxidation sites excluding steroid dienone is 2. The topological polar surface area (TPSA) is 48.7 Å². The van der Waals surface area contributed by atoms with E-state index in [-0.39, 0.29) is 0 Å². The van der Waals surface area contributed by atoms with Gasteiger partial charge in [0.1, 0.15) is 5.01 Å². The smallest absolute Gasteiger partial charge is 0.123 e. The maximum Gasteiger partial charge on any atom is 0.123 e. The maximum atomic E-state index is 9.03. The quantitative estimate of drug-likeness (QED) is 0.922. The molecule has 2 aromatic rings. The van der Waals surface area contributed by atoms with Gasteiger partial charge in [0.2, 0.25) is 0 Å². The number of nitrogens with one attached hydrogen (secondary N) is 1. The highest BCUT2D eigenvalue weighted by atomic mass is 32.1. The van der Waals surface area contributed by atoms with Crippen LogP contribution in [0.25, 0.3) is 10.6 Å². The molecule has 0 saturated heterocycles. The molecule has 4 heteroatoms. The van der Waals surface area contributed by atoms with Crippen LogP contribution in [0.1, 0.15) is 22.6 Å². The predicted octanol–water partition coefficient (Wildman–Crippen LogP) is 3.58. The van der Waals surface area contributed by atoms with E-state index in [0.29, 0.717) is 11.6 Å². The first-order chi connectivity index (χ1) is 10.8. The fourth-order valence-corrected chi connectivity index (χ4v) is 3.97. The Labute approximate surface area is 133 Å². The standard InChI is InChI=1S/C18H15N3S/c19-10-12-3-1-6-14(9-12)18-21-16-11-20-15(13-4-2-5-13)7-8-17(16)22-18/h1-6,9,15,20H,7-8,11H2. The van der Waals surface area contributed by atoms with Crippen LogP contribution in [-0.4, -0.2) is 11.0 Å². The van der Waals surface area contributed by atoms with Gasteiger partial charge < -0.3 is 5.32 Å². The summed E-state index contributed by atoms with van der Waals surface area (Å²) >= 11 is 1.76. The van der Waals surface area contributed by atoms with Gasteiger partial charge in [0.25, 0.3) is 0 Å². The Morgan fingerprint density at radius 3 is 3.05 bits per heavy atom. The van der Waals surface area contributed by atoms with Crippen LogP contribution in [0.2, 0.25) is 0 Å². The van der Waals surface area contributed by atoms with Gasteiger partial charge in [-0.2, -0.15) is 5.26 Å². The third kappa shape index (κ3) is 2.39. The van der Waals surface area contributed by atoms with Gasteiger partial charge in [-0.1, -0.05) is 30.4 Å². The lowest BCUT2D eigenvalue weighted by atomic mass is 9.96. The normalized spacial score (nSPS) is 19.6. The Hall–Kier alpha value is -2.22. The third-order valence-corrected chi connectivity index (χ3v) is 5.38. The number of aromatic nitrogens is 1. The average molecular weight is 305 g/mol. The van der Waals surface area contributed by atoms with Gasteiger partial charge in [-0.15, -0.1) is 11.3 Å². The Balaban J connectivity index is 1.58. The zero-order chi connectivity index (χ0) is 14.9. The summed E-state index contributed by atoms with van der Waals surface area (Å²) in [6, 6.07) is 10.3. The first kappa shape index (κ1) is 13.4. The number of rotatable bonds is 2. The van der Waals surface area contributed by atoms with Gasteiger partial charge in [-0.3, -0.25) is 0 Å². The molecule has 2 aliphatic rings. The SMILES string of the molecule is N#Cc1cccc(-c2nc3c(s2)CCC(C2=CC=C2)NC3)c1. The zero-order valence-electron chi connectivity index (χ0n) is 12.0. The summed E-state index contributed by atoms with van der Waals surface area (Å²) in [6.45, 7) is 0.819. The molecule has 1 aromatic carbocycles. The lowest BCUT2D eigenvalue weighted by molar-refractivity contribution is 0.557. The molecule has 1 aromatic heterocycles. The van der Waals surface area contributed by atoms with E-state index in [4.69, 9.17) is 10.2 Å². The van der Waals surface area contributed by atoms with E-state index in [1.807, 2.05) is 24.3 Å². The second kappa shape index (κ2) is 5.53. The summed E-state index contributed by atoms with van der Waals surface area (Å²) in [4.78, 5) is 6.17. The summed E-state index contributed by atoms with van der Waals surface area (Å²) < 4.78 is 0. The van der Waals surface area contributed by atoms with E-state index in [1.54, 1.807) is 11.3 Å². The number of nitrogens with zero attached hydrogens (tertiary/aromatic N) is 2. The van der Waals surface area contributed by atoms with Crippen molar-refractivity contribution in [2.24, 2.45) is 0 Å². The van der Waals surface area contributed by atoms with Crippen molar-refractivity contribution in [3.8, 4) is 16.6 Å². The number of aryl methyl sites for hydroxylation is 1. The van der Waals surface area contributed by atoms with Crippen molar-refractivity contribution in [3.63, 3.8) is 0 Å². The lowest BCUT2D eigenvalue weighted by Gasteiger charge is -2.19. The van der Waals surface area contributed by atoms with Gasteiger partial charge in [-0.05, 0) is 30.5 Å². The Morgan fingerprint density at radius 1 is 1.36 bits per heavy atom. The van der Waals surface area contributed by atoms with Crippen molar-refractivity contribution in [1.82, 2.24) is 10.3 Å². The van der Waals surface area contributed by atoms with E-state index in [0.717, 1.165) is 35.7 Å². The molecule has 2 heterocycles. The lowest BCUT2D eigenvalue weighted by Crippen LogP contribution is -2.29. The molecule has 1 N–H and O–H groups in total. The van der Waals surface area contributed by atoms with Crippen LogP contribution in [0.3, 0.4) is 0 Å². The molecule has 108 valence electrons. The highest BCUT2D eigenvalue weighted by molar-refractivity contribution is 7.15. The van der Waals surface area contributed by atoms with Crippen LogP contribution < -0.4 is 5.32 Å². The van der Waals surface area contributed by atoms with Crippen LogP contribution in [0.4, 0.5) is 0 Å². The van der Waals surface area contributed by atoms with Crippen molar-refractivity contribution >= 4 is 11.3 Å². The minimum absolute atomic E-state index is 0.455. The number of fused-ring (bicyclic) bond motifs is 1. The minimum Gasteiger partial charge on any atom is -0.304 e. The van der Waals surface area contributed by atoms with E-state index < -0.39 is 0 Å². The molecule has 0 bridgehead atoms. The summed E-state index contributed by atoms with van der Waals surface area (Å²) in [6.07, 6.45) is 8.64. The molecular formula is C18H15N3S. The van der Waals surface area contributed by atoms with Crippen molar-refractivity contribution in [2.75, 3.05) is 0 Å². The number of hydrogen-bond acceptors (Lipinski definition) is 4. The van der Waals surface area contributed by atoms with Crippen molar-refractivity contribution in [2.45, 2.75) is 25.4 Å². The van der Waals surface area contributed by atoms with E-state index in [1.165, 1.54) is 10.5 Å². The number of nitriles is 1. The average Bonchev–Trinajstić information content (AvgIpc) is 2.82. The predicted molar refractivity (Wildman–Crippen MR) is 88.4 cm³/mol. The number of thiazole rings is 1. The number of hydrogen-bond donors (Lipinski definition) is 1. The molecule has 0 radical (unpaired) electrons. The second-order valence-corrected chi connectivity index (χ2v) is 6.66. The second-order valence-electron chi connectivity index (χ2n) is 5.58. The van der Waals surface area contributed by atoms with E-state index >= 15 is 0 Å². The monoisotopic (exact) mass is 305 g/mol. The molecule has 4 rings (SSSR count). The molecule has 0 spiro atoms. The summed E-state index contributed by atoms with van der Waals surface area (Å²) in [5.41, 5.74) is 4.29. The first-order valence-corrected chi connectivity index (χ1v) is 8.26. The van der Waals surface area contributed by atoms with Gasteiger partial charge in [0.15, 0.2) is 0 Å². The molecule has 1 atom stereocenters. The molecule has 3 nitrogen and oxygen atoms in total. The number of benzene rings is 1. The molecule has 22 heavy (non-hydrogen) atoms. The zero-order valence-corrected chi connectivity index (χ0v) is 12.9. The van der Waals surface area contributed by atoms with Crippen LogP contribution in [-0.2, 0) is 13.0 Å². The van der Waals surface area contributed by atoms with Crippen molar-refractivity contribution in [3.05, 3.63) is 64.2 Å². The highest BCUT2D eigenvalue weighted by Gasteiger charge is 2.22.